The molecular weight excluding hydrogens is 917 g/mol. The Morgan fingerprint density at radius 1 is 0.307 bits per heavy atom. The van der Waals surface area contributed by atoms with Crippen molar-refractivity contribution in [2.24, 2.45) is 0 Å². The maximum Gasteiger partial charge on any atom is 0.159 e. The van der Waals surface area contributed by atoms with Gasteiger partial charge in [0, 0.05) is 65.2 Å². The minimum Gasteiger partial charge on any atom is -0.455 e. The second-order valence-electron chi connectivity index (χ2n) is 21.7. The molecule has 0 N–H and O–H groups in total. The number of aryl methyl sites for hydroxylation is 2. The predicted octanol–water partition coefficient (Wildman–Crippen LogP) is 21.3. The number of fused-ring (bicyclic) bond motifs is 13. The molecule has 0 saturated heterocycles. The Morgan fingerprint density at radius 3 is 1.24 bits per heavy atom. The van der Waals surface area contributed by atoms with Gasteiger partial charge in [0.1, 0.15) is 22.3 Å². The smallest absolute Gasteiger partial charge is 0.159 e. The normalized spacial score (nSPS) is 15.0. The van der Waals surface area contributed by atoms with Gasteiger partial charge in [-0.3, -0.25) is 0 Å². The van der Waals surface area contributed by atoms with E-state index in [1.165, 1.54) is 97.2 Å². The van der Waals surface area contributed by atoms with Crippen molar-refractivity contribution in [3.8, 4) is 0 Å². The van der Waals surface area contributed by atoms with Crippen LogP contribution in [0.2, 0.25) is 0 Å². The maximum absolute atomic E-state index is 7.30. The molecule has 10 aromatic carbocycles. The fourth-order valence-electron chi connectivity index (χ4n) is 13.6. The summed E-state index contributed by atoms with van der Waals surface area (Å²) in [5.41, 5.74) is 16.9. The van der Waals surface area contributed by atoms with Crippen LogP contribution >= 0.6 is 0 Å². The SMILES string of the molecule is Cc1cccc(N(c2cc3c4cc(N(c5ccccc5C)c5cccc6c5oc5c(C7CCCCC7)cccc56)c5ccccc5c4oc3c3ccccc23)c2cccc3c2oc2c(C4CCCCC4)cccc23)c1. The number of para-hydroxylation sites is 5. The Hall–Kier alpha value is -8.28. The lowest BCUT2D eigenvalue weighted by atomic mass is 9.83. The van der Waals surface area contributed by atoms with E-state index in [0.29, 0.717) is 11.8 Å². The molecule has 3 aromatic heterocycles. The second-order valence-corrected chi connectivity index (χ2v) is 21.7. The molecule has 0 bridgehead atoms. The molecule has 75 heavy (non-hydrogen) atoms. The Morgan fingerprint density at radius 2 is 0.707 bits per heavy atom. The molecule has 0 atom stereocenters. The summed E-state index contributed by atoms with van der Waals surface area (Å²) in [7, 11) is 0. The van der Waals surface area contributed by atoms with Crippen LogP contribution in [0.1, 0.15) is 98.3 Å². The number of furan rings is 3. The zero-order chi connectivity index (χ0) is 49.7. The number of nitrogens with zero attached hydrogens (tertiary/aromatic N) is 2. The van der Waals surface area contributed by atoms with E-state index in [0.717, 1.165) is 111 Å². The Balaban J connectivity index is 1.00. The molecule has 0 radical (unpaired) electrons. The highest BCUT2D eigenvalue weighted by molar-refractivity contribution is 6.26. The third-order valence-corrected chi connectivity index (χ3v) is 17.2. The molecule has 0 unspecified atom stereocenters. The van der Waals surface area contributed by atoms with Crippen LogP contribution in [0.4, 0.5) is 34.1 Å². The largest absolute Gasteiger partial charge is 0.455 e. The zero-order valence-corrected chi connectivity index (χ0v) is 42.7. The molecule has 2 fully saturated rings. The Labute approximate surface area is 436 Å². The van der Waals surface area contributed by atoms with Gasteiger partial charge in [-0.15, -0.1) is 0 Å². The van der Waals surface area contributed by atoms with Crippen LogP contribution < -0.4 is 9.80 Å². The van der Waals surface area contributed by atoms with Crippen molar-refractivity contribution in [1.29, 1.82) is 0 Å². The van der Waals surface area contributed by atoms with Gasteiger partial charge in [-0.25, -0.2) is 0 Å². The molecule has 3 heterocycles. The van der Waals surface area contributed by atoms with Crippen LogP contribution in [0.25, 0.3) is 87.4 Å². The first-order valence-corrected chi connectivity index (χ1v) is 27.5. The van der Waals surface area contributed by atoms with Crippen LogP contribution in [-0.4, -0.2) is 0 Å². The van der Waals surface area contributed by atoms with Crippen molar-refractivity contribution in [1.82, 2.24) is 0 Å². The highest BCUT2D eigenvalue weighted by Crippen LogP contribution is 2.53. The molecule has 0 aliphatic heterocycles. The zero-order valence-electron chi connectivity index (χ0n) is 42.7. The summed E-state index contributed by atoms with van der Waals surface area (Å²) in [5.74, 6) is 1.02. The van der Waals surface area contributed by atoms with Crippen LogP contribution in [0, 0.1) is 13.8 Å². The number of benzene rings is 10. The summed E-state index contributed by atoms with van der Waals surface area (Å²) in [4.78, 5) is 4.88. The van der Waals surface area contributed by atoms with Crippen molar-refractivity contribution in [2.75, 3.05) is 9.80 Å². The van der Waals surface area contributed by atoms with Crippen LogP contribution in [-0.2, 0) is 0 Å². The van der Waals surface area contributed by atoms with E-state index >= 15 is 0 Å². The van der Waals surface area contributed by atoms with E-state index in [1.54, 1.807) is 0 Å². The molecular formula is C70H58N2O3. The third kappa shape index (κ3) is 7.04. The Kier molecular flexibility index (Phi) is 10.4. The van der Waals surface area contributed by atoms with Crippen LogP contribution in [0.15, 0.2) is 195 Å². The van der Waals surface area contributed by atoms with E-state index in [4.69, 9.17) is 13.3 Å². The maximum atomic E-state index is 7.30. The summed E-state index contributed by atoms with van der Waals surface area (Å²) < 4.78 is 21.9. The monoisotopic (exact) mass is 974 g/mol. The third-order valence-electron chi connectivity index (χ3n) is 17.2. The van der Waals surface area contributed by atoms with Gasteiger partial charge >= 0.3 is 0 Å². The lowest BCUT2D eigenvalue weighted by Gasteiger charge is -2.28. The van der Waals surface area contributed by atoms with E-state index in [-0.39, 0.29) is 0 Å². The lowest BCUT2D eigenvalue weighted by Crippen LogP contribution is -2.12. The molecule has 13 aromatic rings. The molecule has 366 valence electrons. The highest BCUT2D eigenvalue weighted by Gasteiger charge is 2.30. The molecule has 5 heteroatoms. The predicted molar refractivity (Wildman–Crippen MR) is 314 cm³/mol. The van der Waals surface area contributed by atoms with Crippen molar-refractivity contribution < 1.29 is 13.3 Å². The molecule has 5 nitrogen and oxygen atoms in total. The number of rotatable bonds is 8. The van der Waals surface area contributed by atoms with Gasteiger partial charge < -0.3 is 23.1 Å². The van der Waals surface area contributed by atoms with Gasteiger partial charge in [-0.05, 0) is 116 Å². The topological polar surface area (TPSA) is 45.9 Å². The van der Waals surface area contributed by atoms with Crippen molar-refractivity contribution in [2.45, 2.75) is 89.9 Å². The van der Waals surface area contributed by atoms with E-state index in [2.05, 4.69) is 206 Å². The number of anilines is 6. The minimum absolute atomic E-state index is 0.508. The molecule has 2 aliphatic rings. The quantitative estimate of drug-likeness (QED) is 0.152. The first-order chi connectivity index (χ1) is 37.1. The van der Waals surface area contributed by atoms with Gasteiger partial charge in [-0.1, -0.05) is 178 Å². The summed E-state index contributed by atoms with van der Waals surface area (Å²) in [5, 5.41) is 11.0. The van der Waals surface area contributed by atoms with Gasteiger partial charge in [0.15, 0.2) is 11.2 Å². The van der Waals surface area contributed by atoms with E-state index < -0.39 is 0 Å². The molecule has 2 aliphatic carbocycles. The van der Waals surface area contributed by atoms with Crippen molar-refractivity contribution in [3.63, 3.8) is 0 Å². The number of hydrogen-bond acceptors (Lipinski definition) is 5. The average Bonchev–Trinajstić information content (AvgIpc) is 4.17. The minimum atomic E-state index is 0.508. The summed E-state index contributed by atoms with van der Waals surface area (Å²) in [6, 6.07) is 66.9. The lowest BCUT2D eigenvalue weighted by molar-refractivity contribution is 0.442. The fraction of sp³-hybridized carbons (Fsp3) is 0.200. The van der Waals surface area contributed by atoms with Gasteiger partial charge in [0.2, 0.25) is 0 Å². The van der Waals surface area contributed by atoms with Crippen molar-refractivity contribution in [3.05, 3.63) is 204 Å². The standard InChI is InChI=1S/C70H58N2O3/c1-43-20-15-26-47(40-43)71(61-38-18-35-56-54-33-16-31-48(65(54)74-69(56)61)45-22-5-3-6-23-45)63-41-58-59-42-64(51-28-11-13-30-53(51)68(59)73-67(58)52-29-12-10-27-50(52)63)72(60-37-14-9-21-44(60)2)62-39-19-36-57-55-34-17-32-49(66(55)75-70(57)62)46-24-7-4-8-25-46/h9-21,26-42,45-46H,3-8,22-25H2,1-2H3. The second kappa shape index (κ2) is 17.7. The summed E-state index contributed by atoms with van der Waals surface area (Å²) in [6.07, 6.45) is 12.5. The first-order valence-electron chi connectivity index (χ1n) is 27.5. The summed E-state index contributed by atoms with van der Waals surface area (Å²) >= 11 is 0. The molecule has 0 spiro atoms. The van der Waals surface area contributed by atoms with E-state index in [9.17, 15) is 0 Å². The first kappa shape index (κ1) is 44.2. The summed E-state index contributed by atoms with van der Waals surface area (Å²) in [6.45, 7) is 4.40. The molecule has 15 rings (SSSR count). The van der Waals surface area contributed by atoms with Gasteiger partial charge in [0.25, 0.3) is 0 Å². The molecule has 2 saturated carbocycles. The van der Waals surface area contributed by atoms with E-state index in [1.807, 2.05) is 0 Å². The van der Waals surface area contributed by atoms with Crippen molar-refractivity contribution >= 4 is 121 Å². The molecule has 0 amide bonds. The van der Waals surface area contributed by atoms with Crippen LogP contribution in [0.5, 0.6) is 0 Å². The highest BCUT2D eigenvalue weighted by atomic mass is 16.3. The Bertz CT molecular complexity index is 4390. The van der Waals surface area contributed by atoms with Gasteiger partial charge in [0.05, 0.1) is 22.7 Å². The fourth-order valence-corrected chi connectivity index (χ4v) is 13.6. The van der Waals surface area contributed by atoms with Gasteiger partial charge in [-0.2, -0.15) is 0 Å². The number of hydrogen-bond donors (Lipinski definition) is 0. The van der Waals surface area contributed by atoms with Crippen LogP contribution in [0.3, 0.4) is 0 Å². The average molecular weight is 975 g/mol.